The molecule has 70 valence electrons. The lowest BCUT2D eigenvalue weighted by Gasteiger charge is -2.13. The van der Waals surface area contributed by atoms with Crippen molar-refractivity contribution in [3.8, 4) is 0 Å². The summed E-state index contributed by atoms with van der Waals surface area (Å²) >= 11 is 0. The van der Waals surface area contributed by atoms with E-state index in [9.17, 15) is 4.79 Å². The number of rotatable bonds is 2. The highest BCUT2D eigenvalue weighted by Crippen LogP contribution is 2.21. The van der Waals surface area contributed by atoms with Gasteiger partial charge in [-0.15, -0.1) is 0 Å². The fourth-order valence-corrected chi connectivity index (χ4v) is 1.90. The molecule has 1 atom stereocenters. The van der Waals surface area contributed by atoms with Crippen molar-refractivity contribution in [2.24, 2.45) is 5.92 Å². The average Bonchev–Trinajstić information content (AvgIpc) is 2.16. The van der Waals surface area contributed by atoms with Gasteiger partial charge in [0, 0.05) is 20.0 Å². The number of amides is 1. The molecule has 0 radical (unpaired) electrons. The fraction of sp³-hybridized carbons (Fsp3) is 0.900. The van der Waals surface area contributed by atoms with Crippen molar-refractivity contribution in [1.29, 1.82) is 0 Å². The van der Waals surface area contributed by atoms with Crippen molar-refractivity contribution in [3.05, 3.63) is 0 Å². The second-order valence-electron chi connectivity index (χ2n) is 3.82. The van der Waals surface area contributed by atoms with Crippen molar-refractivity contribution >= 4 is 5.91 Å². The molecular formula is C10H19NO. The van der Waals surface area contributed by atoms with Gasteiger partial charge in [-0.1, -0.05) is 19.8 Å². The molecule has 1 rings (SSSR count). The van der Waals surface area contributed by atoms with Crippen LogP contribution in [0.1, 0.15) is 39.0 Å². The Morgan fingerprint density at radius 3 is 3.00 bits per heavy atom. The zero-order chi connectivity index (χ0) is 8.97. The van der Waals surface area contributed by atoms with E-state index in [1.54, 1.807) is 0 Å². The zero-order valence-corrected chi connectivity index (χ0v) is 8.18. The molecule has 1 amide bonds. The average molecular weight is 169 g/mol. The summed E-state index contributed by atoms with van der Waals surface area (Å²) in [7, 11) is 1.91. The molecule has 0 spiro atoms. The molecule has 0 aromatic carbocycles. The SMILES string of the molecule is CCCC1CCCN(C)C(=O)C1. The molecule has 1 aliphatic heterocycles. The first kappa shape index (κ1) is 9.56. The molecule has 0 bridgehead atoms. The Morgan fingerprint density at radius 2 is 2.33 bits per heavy atom. The Kier molecular flexibility index (Phi) is 3.57. The number of carbonyl (C=O) groups is 1. The van der Waals surface area contributed by atoms with E-state index in [-0.39, 0.29) is 0 Å². The molecule has 1 fully saturated rings. The molecule has 1 unspecified atom stereocenters. The molecule has 2 heteroatoms. The lowest BCUT2D eigenvalue weighted by atomic mass is 9.95. The third kappa shape index (κ3) is 2.50. The van der Waals surface area contributed by atoms with Gasteiger partial charge in [0.25, 0.3) is 0 Å². The summed E-state index contributed by atoms with van der Waals surface area (Å²) in [6.45, 7) is 3.15. The quantitative estimate of drug-likeness (QED) is 0.619. The molecule has 2 nitrogen and oxygen atoms in total. The van der Waals surface area contributed by atoms with Crippen LogP contribution in [0.15, 0.2) is 0 Å². The van der Waals surface area contributed by atoms with Gasteiger partial charge in [-0.3, -0.25) is 4.79 Å². The van der Waals surface area contributed by atoms with Gasteiger partial charge >= 0.3 is 0 Å². The maximum atomic E-state index is 11.4. The van der Waals surface area contributed by atoms with Crippen molar-refractivity contribution in [2.75, 3.05) is 13.6 Å². The minimum Gasteiger partial charge on any atom is -0.346 e. The Hall–Kier alpha value is -0.530. The van der Waals surface area contributed by atoms with Gasteiger partial charge in [-0.05, 0) is 18.8 Å². The molecule has 1 aliphatic rings. The first-order chi connectivity index (χ1) is 5.74. The van der Waals surface area contributed by atoms with Gasteiger partial charge in [-0.25, -0.2) is 0 Å². The minimum absolute atomic E-state index is 0.339. The molecule has 0 aliphatic carbocycles. The zero-order valence-electron chi connectivity index (χ0n) is 8.18. The van der Waals surface area contributed by atoms with E-state index < -0.39 is 0 Å². The van der Waals surface area contributed by atoms with Crippen LogP contribution in [0.2, 0.25) is 0 Å². The smallest absolute Gasteiger partial charge is 0.222 e. The molecule has 0 aromatic heterocycles. The van der Waals surface area contributed by atoms with Crippen molar-refractivity contribution in [2.45, 2.75) is 39.0 Å². The van der Waals surface area contributed by atoms with Crippen LogP contribution in [0.25, 0.3) is 0 Å². The first-order valence-corrected chi connectivity index (χ1v) is 4.98. The number of hydrogen-bond acceptors (Lipinski definition) is 1. The van der Waals surface area contributed by atoms with Gasteiger partial charge in [0.15, 0.2) is 0 Å². The molecule has 0 saturated carbocycles. The maximum Gasteiger partial charge on any atom is 0.222 e. The second kappa shape index (κ2) is 4.48. The highest BCUT2D eigenvalue weighted by atomic mass is 16.2. The van der Waals surface area contributed by atoms with E-state index in [0.717, 1.165) is 13.0 Å². The van der Waals surface area contributed by atoms with Crippen LogP contribution >= 0.6 is 0 Å². The number of nitrogens with zero attached hydrogens (tertiary/aromatic N) is 1. The van der Waals surface area contributed by atoms with Crippen LogP contribution in [0.4, 0.5) is 0 Å². The van der Waals surface area contributed by atoms with Crippen LogP contribution in [0.5, 0.6) is 0 Å². The highest BCUT2D eigenvalue weighted by molar-refractivity contribution is 5.76. The summed E-state index contributed by atoms with van der Waals surface area (Å²) in [6.07, 6.45) is 5.64. The minimum atomic E-state index is 0.339. The summed E-state index contributed by atoms with van der Waals surface area (Å²) in [5, 5.41) is 0. The maximum absolute atomic E-state index is 11.4. The Bertz CT molecular complexity index is 156. The second-order valence-corrected chi connectivity index (χ2v) is 3.82. The summed E-state index contributed by atoms with van der Waals surface area (Å²) in [5.74, 6) is 0.999. The van der Waals surface area contributed by atoms with Gasteiger partial charge in [0.2, 0.25) is 5.91 Å². The molecule has 1 saturated heterocycles. The van der Waals surface area contributed by atoms with E-state index in [0.29, 0.717) is 11.8 Å². The molecule has 12 heavy (non-hydrogen) atoms. The van der Waals surface area contributed by atoms with Crippen molar-refractivity contribution in [1.82, 2.24) is 4.90 Å². The van der Waals surface area contributed by atoms with E-state index in [1.165, 1.54) is 25.7 Å². The predicted molar refractivity (Wildman–Crippen MR) is 49.9 cm³/mol. The first-order valence-electron chi connectivity index (χ1n) is 4.98. The van der Waals surface area contributed by atoms with Crippen LogP contribution in [-0.2, 0) is 4.79 Å². The number of likely N-dealkylation sites (tertiary alicyclic amines) is 1. The normalized spacial score (nSPS) is 25.7. The largest absolute Gasteiger partial charge is 0.346 e. The van der Waals surface area contributed by atoms with Gasteiger partial charge < -0.3 is 4.90 Å². The van der Waals surface area contributed by atoms with E-state index >= 15 is 0 Å². The summed E-state index contributed by atoms with van der Waals surface area (Å²) in [5.41, 5.74) is 0. The molecule has 1 heterocycles. The Balaban J connectivity index is 2.42. The Morgan fingerprint density at radius 1 is 1.58 bits per heavy atom. The molecule has 0 N–H and O–H groups in total. The van der Waals surface area contributed by atoms with Crippen LogP contribution in [0, 0.1) is 5.92 Å². The predicted octanol–water partition coefficient (Wildman–Crippen LogP) is 2.04. The van der Waals surface area contributed by atoms with Crippen LogP contribution < -0.4 is 0 Å². The number of carbonyl (C=O) groups excluding carboxylic acids is 1. The van der Waals surface area contributed by atoms with E-state index in [2.05, 4.69) is 6.92 Å². The topological polar surface area (TPSA) is 20.3 Å². The van der Waals surface area contributed by atoms with Crippen LogP contribution in [-0.4, -0.2) is 24.4 Å². The molecular weight excluding hydrogens is 150 g/mol. The summed E-state index contributed by atoms with van der Waals surface area (Å²) in [6, 6.07) is 0. The van der Waals surface area contributed by atoms with Crippen LogP contribution in [0.3, 0.4) is 0 Å². The number of hydrogen-bond donors (Lipinski definition) is 0. The lowest BCUT2D eigenvalue weighted by Crippen LogP contribution is -2.26. The van der Waals surface area contributed by atoms with Gasteiger partial charge in [-0.2, -0.15) is 0 Å². The Labute approximate surface area is 74.9 Å². The van der Waals surface area contributed by atoms with Crippen molar-refractivity contribution in [3.63, 3.8) is 0 Å². The lowest BCUT2D eigenvalue weighted by molar-refractivity contribution is -0.130. The standard InChI is InChI=1S/C10H19NO/c1-3-5-9-6-4-7-11(2)10(12)8-9/h9H,3-8H2,1-2H3. The molecule has 0 aromatic rings. The summed E-state index contributed by atoms with van der Waals surface area (Å²) in [4.78, 5) is 13.3. The monoisotopic (exact) mass is 169 g/mol. The third-order valence-electron chi connectivity index (χ3n) is 2.69. The third-order valence-corrected chi connectivity index (χ3v) is 2.69. The van der Waals surface area contributed by atoms with E-state index in [4.69, 9.17) is 0 Å². The van der Waals surface area contributed by atoms with Gasteiger partial charge in [0.05, 0.1) is 0 Å². The highest BCUT2D eigenvalue weighted by Gasteiger charge is 2.19. The van der Waals surface area contributed by atoms with Gasteiger partial charge in [0.1, 0.15) is 0 Å². The summed E-state index contributed by atoms with van der Waals surface area (Å²) < 4.78 is 0. The van der Waals surface area contributed by atoms with E-state index in [1.807, 2.05) is 11.9 Å². The van der Waals surface area contributed by atoms with Crippen molar-refractivity contribution < 1.29 is 4.79 Å². The fourth-order valence-electron chi connectivity index (χ4n) is 1.90.